The molecule has 56 valence electrons. The standard InChI is InChI=1S/C6H10N2O2/c1-8-6-5(4-7)9-2-3-10-6/h4,7-8H,2-3H2,1H3. The van der Waals surface area contributed by atoms with E-state index in [0.29, 0.717) is 24.9 Å². The highest BCUT2D eigenvalue weighted by Crippen LogP contribution is 2.07. The van der Waals surface area contributed by atoms with Crippen LogP contribution in [0.3, 0.4) is 0 Å². The average Bonchev–Trinajstić information content (AvgIpc) is 2.04. The molecule has 10 heavy (non-hydrogen) atoms. The SMILES string of the molecule is CNC1=C(C=N)OCCO1. The Morgan fingerprint density at radius 1 is 1.50 bits per heavy atom. The molecule has 0 aromatic carbocycles. The van der Waals surface area contributed by atoms with Crippen LogP contribution in [0.15, 0.2) is 11.6 Å². The molecule has 0 aliphatic carbocycles. The van der Waals surface area contributed by atoms with E-state index in [1.807, 2.05) is 0 Å². The van der Waals surface area contributed by atoms with Crippen molar-refractivity contribution in [2.75, 3.05) is 20.3 Å². The van der Waals surface area contributed by atoms with Crippen LogP contribution in [0.4, 0.5) is 0 Å². The third-order valence-electron chi connectivity index (χ3n) is 1.17. The molecule has 2 N–H and O–H groups in total. The maximum Gasteiger partial charge on any atom is 0.231 e. The number of ether oxygens (including phenoxy) is 2. The summed E-state index contributed by atoms with van der Waals surface area (Å²) in [7, 11) is 1.73. The third-order valence-corrected chi connectivity index (χ3v) is 1.17. The first-order valence-corrected chi connectivity index (χ1v) is 3.06. The first kappa shape index (κ1) is 6.92. The maximum absolute atomic E-state index is 6.90. The molecule has 0 bridgehead atoms. The van der Waals surface area contributed by atoms with Crippen LogP contribution in [0.1, 0.15) is 0 Å². The zero-order chi connectivity index (χ0) is 7.40. The Kier molecular flexibility index (Phi) is 2.15. The van der Waals surface area contributed by atoms with Gasteiger partial charge < -0.3 is 20.2 Å². The van der Waals surface area contributed by atoms with Crippen LogP contribution in [-0.4, -0.2) is 26.5 Å². The molecule has 1 heterocycles. The van der Waals surface area contributed by atoms with Crippen molar-refractivity contribution in [3.8, 4) is 0 Å². The van der Waals surface area contributed by atoms with Crippen molar-refractivity contribution < 1.29 is 9.47 Å². The zero-order valence-corrected chi connectivity index (χ0v) is 5.81. The summed E-state index contributed by atoms with van der Waals surface area (Å²) in [6.45, 7) is 1.07. The first-order chi connectivity index (χ1) is 4.88. The summed E-state index contributed by atoms with van der Waals surface area (Å²) >= 11 is 0. The van der Waals surface area contributed by atoms with Crippen molar-refractivity contribution in [2.45, 2.75) is 0 Å². The van der Waals surface area contributed by atoms with Crippen LogP contribution in [0.5, 0.6) is 0 Å². The molecule has 0 unspecified atom stereocenters. The summed E-state index contributed by atoms with van der Waals surface area (Å²) in [5.74, 6) is 1.01. The Balaban J connectivity index is 2.72. The summed E-state index contributed by atoms with van der Waals surface area (Å²) in [4.78, 5) is 0. The van der Waals surface area contributed by atoms with Gasteiger partial charge in [-0.2, -0.15) is 0 Å². The van der Waals surface area contributed by atoms with Crippen LogP contribution >= 0.6 is 0 Å². The monoisotopic (exact) mass is 142 g/mol. The van der Waals surface area contributed by atoms with E-state index in [1.54, 1.807) is 7.05 Å². The highest BCUT2D eigenvalue weighted by molar-refractivity contribution is 5.73. The molecule has 1 aliphatic heterocycles. The fraction of sp³-hybridized carbons (Fsp3) is 0.500. The quantitative estimate of drug-likeness (QED) is 0.536. The smallest absolute Gasteiger partial charge is 0.231 e. The van der Waals surface area contributed by atoms with E-state index < -0.39 is 0 Å². The molecule has 0 saturated heterocycles. The van der Waals surface area contributed by atoms with E-state index in [4.69, 9.17) is 14.9 Å². The van der Waals surface area contributed by atoms with E-state index >= 15 is 0 Å². The van der Waals surface area contributed by atoms with Crippen molar-refractivity contribution in [2.24, 2.45) is 0 Å². The van der Waals surface area contributed by atoms with Crippen molar-refractivity contribution in [1.29, 1.82) is 5.41 Å². The van der Waals surface area contributed by atoms with Gasteiger partial charge in [0.05, 0.1) is 6.21 Å². The predicted octanol–water partition coefficient (Wildman–Crippen LogP) is 0.0713. The van der Waals surface area contributed by atoms with Gasteiger partial charge in [-0.05, 0) is 0 Å². The maximum atomic E-state index is 6.90. The molecule has 0 spiro atoms. The third kappa shape index (κ3) is 1.21. The van der Waals surface area contributed by atoms with E-state index in [0.717, 1.165) is 6.21 Å². The van der Waals surface area contributed by atoms with Gasteiger partial charge in [-0.1, -0.05) is 0 Å². The number of hydrogen-bond donors (Lipinski definition) is 2. The summed E-state index contributed by atoms with van der Waals surface area (Å²) in [6, 6.07) is 0. The summed E-state index contributed by atoms with van der Waals surface area (Å²) in [6.07, 6.45) is 1.13. The Bertz CT molecular complexity index is 165. The number of rotatable bonds is 2. The molecule has 0 fully saturated rings. The lowest BCUT2D eigenvalue weighted by Crippen LogP contribution is -2.22. The van der Waals surface area contributed by atoms with Gasteiger partial charge in [-0.25, -0.2) is 0 Å². The van der Waals surface area contributed by atoms with Gasteiger partial charge in [0, 0.05) is 7.05 Å². The second-order valence-electron chi connectivity index (χ2n) is 1.78. The molecule has 0 atom stereocenters. The van der Waals surface area contributed by atoms with Gasteiger partial charge in [0.1, 0.15) is 13.2 Å². The lowest BCUT2D eigenvalue weighted by Gasteiger charge is -2.18. The zero-order valence-electron chi connectivity index (χ0n) is 5.81. The summed E-state index contributed by atoms with van der Waals surface area (Å²) < 4.78 is 10.2. The summed E-state index contributed by atoms with van der Waals surface area (Å²) in [5, 5.41) is 9.69. The van der Waals surface area contributed by atoms with E-state index in [1.165, 1.54) is 0 Å². The van der Waals surface area contributed by atoms with Crippen LogP contribution < -0.4 is 5.32 Å². The van der Waals surface area contributed by atoms with E-state index in [-0.39, 0.29) is 0 Å². The van der Waals surface area contributed by atoms with Gasteiger partial charge in [-0.15, -0.1) is 0 Å². The second kappa shape index (κ2) is 3.10. The topological polar surface area (TPSA) is 54.3 Å². The van der Waals surface area contributed by atoms with E-state index in [9.17, 15) is 0 Å². The van der Waals surface area contributed by atoms with Crippen LogP contribution in [0, 0.1) is 5.41 Å². The molecule has 4 heteroatoms. The largest absolute Gasteiger partial charge is 0.483 e. The molecular formula is C6H10N2O2. The number of hydrogen-bond acceptors (Lipinski definition) is 4. The van der Waals surface area contributed by atoms with Crippen LogP contribution in [0.2, 0.25) is 0 Å². The molecule has 0 aromatic heterocycles. The van der Waals surface area contributed by atoms with Gasteiger partial charge in [0.2, 0.25) is 5.88 Å². The van der Waals surface area contributed by atoms with Crippen molar-refractivity contribution >= 4 is 6.21 Å². The lowest BCUT2D eigenvalue weighted by molar-refractivity contribution is 0.0650. The lowest BCUT2D eigenvalue weighted by atomic mass is 10.5. The predicted molar refractivity (Wildman–Crippen MR) is 36.8 cm³/mol. The first-order valence-electron chi connectivity index (χ1n) is 3.06. The molecule has 1 aliphatic rings. The van der Waals surface area contributed by atoms with Gasteiger partial charge in [0.15, 0.2) is 5.76 Å². The van der Waals surface area contributed by atoms with Crippen LogP contribution in [-0.2, 0) is 9.47 Å². The minimum atomic E-state index is 0.466. The molecule has 0 amide bonds. The van der Waals surface area contributed by atoms with Crippen LogP contribution in [0.25, 0.3) is 0 Å². The molecule has 0 aromatic rings. The fourth-order valence-electron chi connectivity index (χ4n) is 0.735. The van der Waals surface area contributed by atoms with E-state index in [2.05, 4.69) is 5.32 Å². The second-order valence-corrected chi connectivity index (χ2v) is 1.78. The Morgan fingerprint density at radius 3 is 2.70 bits per heavy atom. The Labute approximate surface area is 59.3 Å². The number of nitrogens with one attached hydrogen (secondary N) is 2. The fourth-order valence-corrected chi connectivity index (χ4v) is 0.735. The van der Waals surface area contributed by atoms with Gasteiger partial charge in [0.25, 0.3) is 0 Å². The van der Waals surface area contributed by atoms with Gasteiger partial charge in [-0.3, -0.25) is 0 Å². The molecule has 1 rings (SSSR count). The molecule has 0 saturated carbocycles. The van der Waals surface area contributed by atoms with Crippen molar-refractivity contribution in [1.82, 2.24) is 5.32 Å². The van der Waals surface area contributed by atoms with Crippen molar-refractivity contribution in [3.63, 3.8) is 0 Å². The normalized spacial score (nSPS) is 17.3. The summed E-state index contributed by atoms with van der Waals surface area (Å²) in [5.41, 5.74) is 0. The number of allylic oxidation sites excluding steroid dienone is 1. The molecule has 0 radical (unpaired) electrons. The molecule has 4 nitrogen and oxygen atoms in total. The van der Waals surface area contributed by atoms with Gasteiger partial charge >= 0.3 is 0 Å². The highest BCUT2D eigenvalue weighted by Gasteiger charge is 2.10. The minimum Gasteiger partial charge on any atom is -0.483 e. The molecular weight excluding hydrogens is 132 g/mol. The Morgan fingerprint density at radius 2 is 2.20 bits per heavy atom. The Hall–Kier alpha value is -1.19. The minimum absolute atomic E-state index is 0.466. The highest BCUT2D eigenvalue weighted by atomic mass is 16.6. The average molecular weight is 142 g/mol. The van der Waals surface area contributed by atoms with Crippen molar-refractivity contribution in [3.05, 3.63) is 11.6 Å².